The Hall–Kier alpha value is -2.24. The molecule has 6 nitrogen and oxygen atoms in total. The number of hydrogen-bond donors (Lipinski definition) is 1. The molecule has 1 aliphatic heterocycles. The SMILES string of the molecule is Cc1nc(C2CCN(c3cnccn3)CC2)cc(=O)[nH]1. The molecule has 2 aromatic rings. The van der Waals surface area contributed by atoms with Gasteiger partial charge in [-0.15, -0.1) is 0 Å². The van der Waals surface area contributed by atoms with Crippen LogP contribution in [0.5, 0.6) is 0 Å². The van der Waals surface area contributed by atoms with Crippen LogP contribution < -0.4 is 10.5 Å². The topological polar surface area (TPSA) is 74.8 Å². The van der Waals surface area contributed by atoms with E-state index in [9.17, 15) is 4.79 Å². The zero-order valence-electron chi connectivity index (χ0n) is 11.4. The molecule has 0 atom stereocenters. The third-order valence-corrected chi connectivity index (χ3v) is 3.67. The predicted octanol–water partition coefficient (Wildman–Crippen LogP) is 1.25. The van der Waals surface area contributed by atoms with Crippen LogP contribution in [0.4, 0.5) is 5.82 Å². The Morgan fingerprint density at radius 2 is 2.10 bits per heavy atom. The summed E-state index contributed by atoms with van der Waals surface area (Å²) in [5.41, 5.74) is 0.842. The van der Waals surface area contributed by atoms with E-state index in [0.29, 0.717) is 11.7 Å². The third-order valence-electron chi connectivity index (χ3n) is 3.67. The Labute approximate surface area is 116 Å². The van der Waals surface area contributed by atoms with Gasteiger partial charge in [-0.05, 0) is 19.8 Å². The second-order valence-electron chi connectivity index (χ2n) is 5.08. The smallest absolute Gasteiger partial charge is 0.251 e. The molecule has 1 saturated heterocycles. The number of aromatic amines is 1. The molecule has 1 fully saturated rings. The zero-order chi connectivity index (χ0) is 13.9. The Morgan fingerprint density at radius 1 is 1.30 bits per heavy atom. The van der Waals surface area contributed by atoms with Crippen molar-refractivity contribution < 1.29 is 0 Å². The van der Waals surface area contributed by atoms with Crippen LogP contribution in [0.1, 0.15) is 30.3 Å². The van der Waals surface area contributed by atoms with E-state index in [1.54, 1.807) is 24.7 Å². The highest BCUT2D eigenvalue weighted by Gasteiger charge is 2.22. The molecule has 3 rings (SSSR count). The minimum Gasteiger partial charge on any atom is -0.355 e. The monoisotopic (exact) mass is 271 g/mol. The molecular formula is C14H17N5O. The molecule has 0 aromatic carbocycles. The van der Waals surface area contributed by atoms with Gasteiger partial charge in [-0.25, -0.2) is 9.97 Å². The van der Waals surface area contributed by atoms with E-state index >= 15 is 0 Å². The fraction of sp³-hybridized carbons (Fsp3) is 0.429. The summed E-state index contributed by atoms with van der Waals surface area (Å²) in [7, 11) is 0. The van der Waals surface area contributed by atoms with Crippen molar-refractivity contribution in [2.45, 2.75) is 25.7 Å². The van der Waals surface area contributed by atoms with E-state index < -0.39 is 0 Å². The fourth-order valence-corrected chi connectivity index (χ4v) is 2.67. The number of anilines is 1. The molecule has 0 amide bonds. The zero-order valence-corrected chi connectivity index (χ0v) is 11.4. The lowest BCUT2D eigenvalue weighted by atomic mass is 9.93. The van der Waals surface area contributed by atoms with E-state index in [2.05, 4.69) is 24.8 Å². The average Bonchev–Trinajstić information content (AvgIpc) is 2.47. The summed E-state index contributed by atoms with van der Waals surface area (Å²) in [6.07, 6.45) is 7.14. The number of aromatic nitrogens is 4. The first kappa shape index (κ1) is 12.8. The van der Waals surface area contributed by atoms with E-state index in [1.165, 1.54) is 0 Å². The van der Waals surface area contributed by atoms with Crippen molar-refractivity contribution in [3.63, 3.8) is 0 Å². The van der Waals surface area contributed by atoms with Gasteiger partial charge in [-0.2, -0.15) is 0 Å². The number of piperidine rings is 1. The third kappa shape index (κ3) is 2.68. The van der Waals surface area contributed by atoms with Crippen molar-refractivity contribution in [3.8, 4) is 0 Å². The first-order valence-corrected chi connectivity index (χ1v) is 6.81. The quantitative estimate of drug-likeness (QED) is 0.889. The summed E-state index contributed by atoms with van der Waals surface area (Å²) >= 11 is 0. The van der Waals surface area contributed by atoms with Crippen molar-refractivity contribution in [3.05, 3.63) is 46.5 Å². The van der Waals surface area contributed by atoms with E-state index in [-0.39, 0.29) is 5.56 Å². The number of hydrogen-bond acceptors (Lipinski definition) is 5. The Balaban J connectivity index is 1.71. The minimum absolute atomic E-state index is 0.0659. The van der Waals surface area contributed by atoms with Crippen molar-refractivity contribution >= 4 is 5.82 Å². The van der Waals surface area contributed by atoms with Gasteiger partial charge in [0.15, 0.2) is 0 Å². The van der Waals surface area contributed by atoms with Crippen LogP contribution in [-0.2, 0) is 0 Å². The normalized spacial score (nSPS) is 16.4. The molecule has 0 unspecified atom stereocenters. The predicted molar refractivity (Wildman–Crippen MR) is 75.8 cm³/mol. The van der Waals surface area contributed by atoms with Gasteiger partial charge in [-0.1, -0.05) is 0 Å². The van der Waals surface area contributed by atoms with E-state index in [0.717, 1.165) is 37.4 Å². The average molecular weight is 271 g/mol. The second-order valence-corrected chi connectivity index (χ2v) is 5.08. The van der Waals surface area contributed by atoms with Gasteiger partial charge in [0.25, 0.3) is 5.56 Å². The summed E-state index contributed by atoms with van der Waals surface area (Å²) in [5.74, 6) is 1.95. The summed E-state index contributed by atoms with van der Waals surface area (Å²) < 4.78 is 0. The second kappa shape index (κ2) is 5.40. The van der Waals surface area contributed by atoms with E-state index in [1.807, 2.05) is 6.92 Å². The summed E-state index contributed by atoms with van der Waals surface area (Å²) in [4.78, 5) is 29.3. The van der Waals surface area contributed by atoms with Crippen LogP contribution in [-0.4, -0.2) is 33.0 Å². The number of nitrogens with zero attached hydrogens (tertiary/aromatic N) is 4. The highest BCUT2D eigenvalue weighted by molar-refractivity contribution is 5.36. The molecule has 6 heteroatoms. The van der Waals surface area contributed by atoms with Crippen molar-refractivity contribution in [2.24, 2.45) is 0 Å². The molecule has 0 spiro atoms. The van der Waals surface area contributed by atoms with Gasteiger partial charge < -0.3 is 9.88 Å². The van der Waals surface area contributed by atoms with Crippen molar-refractivity contribution in [1.29, 1.82) is 0 Å². The molecule has 1 aliphatic rings. The number of H-pyrrole nitrogens is 1. The van der Waals surface area contributed by atoms with Crippen LogP contribution >= 0.6 is 0 Å². The Bertz CT molecular complexity index is 632. The van der Waals surface area contributed by atoms with Crippen LogP contribution in [0.25, 0.3) is 0 Å². The molecule has 0 radical (unpaired) electrons. The maximum Gasteiger partial charge on any atom is 0.251 e. The fourth-order valence-electron chi connectivity index (χ4n) is 2.67. The van der Waals surface area contributed by atoms with Gasteiger partial charge in [0, 0.05) is 37.5 Å². The summed E-state index contributed by atoms with van der Waals surface area (Å²) in [6.45, 7) is 3.65. The van der Waals surface area contributed by atoms with Crippen molar-refractivity contribution in [2.75, 3.05) is 18.0 Å². The Kier molecular flexibility index (Phi) is 3.45. The first-order valence-electron chi connectivity index (χ1n) is 6.81. The molecule has 0 saturated carbocycles. The molecule has 2 aromatic heterocycles. The van der Waals surface area contributed by atoms with Crippen LogP contribution in [0.2, 0.25) is 0 Å². The minimum atomic E-state index is -0.0659. The largest absolute Gasteiger partial charge is 0.355 e. The number of aryl methyl sites for hydroxylation is 1. The highest BCUT2D eigenvalue weighted by Crippen LogP contribution is 2.27. The van der Waals surface area contributed by atoms with Crippen LogP contribution in [0, 0.1) is 6.92 Å². The van der Waals surface area contributed by atoms with Crippen molar-refractivity contribution in [1.82, 2.24) is 19.9 Å². The summed E-state index contributed by atoms with van der Waals surface area (Å²) in [5, 5.41) is 0. The molecule has 3 heterocycles. The lowest BCUT2D eigenvalue weighted by molar-refractivity contribution is 0.491. The first-order chi connectivity index (χ1) is 9.72. The number of nitrogens with one attached hydrogen (secondary N) is 1. The molecule has 20 heavy (non-hydrogen) atoms. The summed E-state index contributed by atoms with van der Waals surface area (Å²) in [6, 6.07) is 1.62. The number of rotatable bonds is 2. The molecular weight excluding hydrogens is 254 g/mol. The molecule has 0 bridgehead atoms. The Morgan fingerprint density at radius 3 is 2.75 bits per heavy atom. The standard InChI is InChI=1S/C14H17N5O/c1-10-17-12(8-14(20)18-10)11-2-6-19(7-3-11)13-9-15-4-5-16-13/h4-5,8-9,11H,2-3,6-7H2,1H3,(H,17,18,20). The lowest BCUT2D eigenvalue weighted by Crippen LogP contribution is -2.34. The van der Waals surface area contributed by atoms with Gasteiger partial charge in [0.2, 0.25) is 0 Å². The van der Waals surface area contributed by atoms with Gasteiger partial charge >= 0.3 is 0 Å². The van der Waals surface area contributed by atoms with Gasteiger partial charge in [0.05, 0.1) is 11.9 Å². The molecule has 1 N–H and O–H groups in total. The maximum atomic E-state index is 11.5. The maximum absolute atomic E-state index is 11.5. The molecule has 104 valence electrons. The van der Waals surface area contributed by atoms with Crippen LogP contribution in [0.3, 0.4) is 0 Å². The van der Waals surface area contributed by atoms with Gasteiger partial charge in [-0.3, -0.25) is 9.78 Å². The highest BCUT2D eigenvalue weighted by atomic mass is 16.1. The van der Waals surface area contributed by atoms with Gasteiger partial charge in [0.1, 0.15) is 11.6 Å². The van der Waals surface area contributed by atoms with Crippen LogP contribution in [0.15, 0.2) is 29.5 Å². The lowest BCUT2D eigenvalue weighted by Gasteiger charge is -2.32. The van der Waals surface area contributed by atoms with E-state index in [4.69, 9.17) is 0 Å². The molecule has 0 aliphatic carbocycles.